The highest BCUT2D eigenvalue weighted by atomic mass is 16.3. The molecule has 3 rings (SSSR count). The van der Waals surface area contributed by atoms with Crippen LogP contribution in [0.25, 0.3) is 11.1 Å². The van der Waals surface area contributed by atoms with Crippen LogP contribution in [0.3, 0.4) is 0 Å². The topological polar surface area (TPSA) is 53.4 Å². The molecule has 22 heavy (non-hydrogen) atoms. The molecule has 4 nitrogen and oxygen atoms in total. The zero-order valence-electron chi connectivity index (χ0n) is 12.7. The van der Waals surface area contributed by atoms with Crippen molar-refractivity contribution in [2.24, 2.45) is 0 Å². The van der Waals surface area contributed by atoms with Crippen molar-refractivity contribution in [1.29, 1.82) is 0 Å². The van der Waals surface area contributed by atoms with Crippen LogP contribution in [0.4, 0.5) is 0 Å². The Labute approximate surface area is 130 Å². The molecule has 1 atom stereocenters. The van der Waals surface area contributed by atoms with Gasteiger partial charge in [-0.15, -0.1) is 0 Å². The molecule has 2 aromatic rings. The van der Waals surface area contributed by atoms with Gasteiger partial charge in [-0.25, -0.2) is 0 Å². The molecule has 1 aromatic carbocycles. The lowest BCUT2D eigenvalue weighted by molar-refractivity contribution is 0.0677. The number of rotatable bonds is 3. The standard InChI is InChI=1S/C18H20N2O2/c1-13-4-2-5-14(8-13)15-9-16(11-19-10-15)18(22)20-7-3-6-17(20)12-21/h2,4-5,8-11,17,21H,3,6-7,12H2,1H3/t17-/m0/s1. The zero-order chi connectivity index (χ0) is 15.5. The summed E-state index contributed by atoms with van der Waals surface area (Å²) < 4.78 is 0. The van der Waals surface area contributed by atoms with Crippen molar-refractivity contribution in [3.05, 3.63) is 53.9 Å². The first-order valence-corrected chi connectivity index (χ1v) is 7.63. The molecule has 1 fully saturated rings. The fourth-order valence-corrected chi connectivity index (χ4v) is 3.00. The number of carbonyl (C=O) groups is 1. The number of pyridine rings is 1. The van der Waals surface area contributed by atoms with Crippen LogP contribution in [0, 0.1) is 6.92 Å². The Kier molecular flexibility index (Phi) is 4.20. The van der Waals surface area contributed by atoms with Crippen LogP contribution in [-0.4, -0.2) is 40.1 Å². The SMILES string of the molecule is Cc1cccc(-c2cncc(C(=O)N3CCC[C@H]3CO)c2)c1. The third kappa shape index (κ3) is 2.88. The Balaban J connectivity index is 1.89. The fraction of sp³-hybridized carbons (Fsp3) is 0.333. The second kappa shape index (κ2) is 6.28. The van der Waals surface area contributed by atoms with E-state index in [0.717, 1.165) is 24.0 Å². The lowest BCUT2D eigenvalue weighted by Gasteiger charge is -2.23. The highest BCUT2D eigenvalue weighted by Crippen LogP contribution is 2.23. The van der Waals surface area contributed by atoms with E-state index in [0.29, 0.717) is 12.1 Å². The summed E-state index contributed by atoms with van der Waals surface area (Å²) in [6, 6.07) is 9.97. The molecule has 1 N–H and O–H groups in total. The van der Waals surface area contributed by atoms with Gasteiger partial charge in [-0.1, -0.05) is 29.8 Å². The van der Waals surface area contributed by atoms with Crippen molar-refractivity contribution in [1.82, 2.24) is 9.88 Å². The van der Waals surface area contributed by atoms with Gasteiger partial charge in [0.25, 0.3) is 5.91 Å². The molecule has 0 bridgehead atoms. The monoisotopic (exact) mass is 296 g/mol. The number of aromatic nitrogens is 1. The van der Waals surface area contributed by atoms with E-state index in [1.807, 2.05) is 31.2 Å². The predicted molar refractivity (Wildman–Crippen MR) is 85.6 cm³/mol. The summed E-state index contributed by atoms with van der Waals surface area (Å²) in [6.45, 7) is 2.78. The van der Waals surface area contributed by atoms with Crippen molar-refractivity contribution in [3.8, 4) is 11.1 Å². The Morgan fingerprint density at radius 2 is 2.18 bits per heavy atom. The third-order valence-corrected chi connectivity index (χ3v) is 4.19. The van der Waals surface area contributed by atoms with Gasteiger partial charge in [0.1, 0.15) is 0 Å². The van der Waals surface area contributed by atoms with Crippen LogP contribution in [-0.2, 0) is 0 Å². The summed E-state index contributed by atoms with van der Waals surface area (Å²) in [4.78, 5) is 18.6. The Morgan fingerprint density at radius 1 is 1.32 bits per heavy atom. The lowest BCUT2D eigenvalue weighted by atomic mass is 10.0. The number of amides is 1. The van der Waals surface area contributed by atoms with Gasteiger partial charge in [-0.3, -0.25) is 9.78 Å². The number of aryl methyl sites for hydroxylation is 1. The zero-order valence-corrected chi connectivity index (χ0v) is 12.7. The predicted octanol–water partition coefficient (Wildman–Crippen LogP) is 2.65. The third-order valence-electron chi connectivity index (χ3n) is 4.19. The maximum atomic E-state index is 12.6. The molecule has 2 heterocycles. The quantitative estimate of drug-likeness (QED) is 0.947. The molecular formula is C18H20N2O2. The van der Waals surface area contributed by atoms with E-state index in [4.69, 9.17) is 0 Å². The van der Waals surface area contributed by atoms with Gasteiger partial charge in [0.2, 0.25) is 0 Å². The highest BCUT2D eigenvalue weighted by Gasteiger charge is 2.28. The van der Waals surface area contributed by atoms with Crippen molar-refractivity contribution in [3.63, 3.8) is 0 Å². The molecule has 0 saturated carbocycles. The summed E-state index contributed by atoms with van der Waals surface area (Å²) in [5.74, 6) is -0.0430. The minimum absolute atomic E-state index is 0.0245. The first kappa shape index (κ1) is 14.7. The molecule has 1 saturated heterocycles. The van der Waals surface area contributed by atoms with E-state index < -0.39 is 0 Å². The second-order valence-electron chi connectivity index (χ2n) is 5.81. The largest absolute Gasteiger partial charge is 0.394 e. The normalized spacial score (nSPS) is 17.7. The van der Waals surface area contributed by atoms with Gasteiger partial charge < -0.3 is 10.0 Å². The maximum Gasteiger partial charge on any atom is 0.255 e. The van der Waals surface area contributed by atoms with Crippen molar-refractivity contribution >= 4 is 5.91 Å². The number of aliphatic hydroxyl groups is 1. The Bertz CT molecular complexity index is 684. The smallest absolute Gasteiger partial charge is 0.255 e. The number of hydrogen-bond acceptors (Lipinski definition) is 3. The molecule has 1 aromatic heterocycles. The van der Waals surface area contributed by atoms with Gasteiger partial charge in [0.05, 0.1) is 18.2 Å². The molecule has 4 heteroatoms. The highest BCUT2D eigenvalue weighted by molar-refractivity contribution is 5.95. The molecule has 0 spiro atoms. The minimum atomic E-state index is -0.0601. The van der Waals surface area contributed by atoms with Crippen LogP contribution in [0.15, 0.2) is 42.7 Å². The van der Waals surface area contributed by atoms with E-state index in [-0.39, 0.29) is 18.6 Å². The summed E-state index contributed by atoms with van der Waals surface area (Å²) in [6.07, 6.45) is 5.20. The van der Waals surface area contributed by atoms with Crippen molar-refractivity contribution in [2.45, 2.75) is 25.8 Å². The number of benzene rings is 1. The van der Waals surface area contributed by atoms with Crippen molar-refractivity contribution in [2.75, 3.05) is 13.2 Å². The summed E-state index contributed by atoms with van der Waals surface area (Å²) in [5.41, 5.74) is 3.75. The van der Waals surface area contributed by atoms with E-state index in [1.54, 1.807) is 17.3 Å². The average molecular weight is 296 g/mol. The first-order valence-electron chi connectivity index (χ1n) is 7.63. The minimum Gasteiger partial charge on any atom is -0.394 e. The molecule has 1 aliphatic heterocycles. The van der Waals surface area contributed by atoms with E-state index >= 15 is 0 Å². The van der Waals surface area contributed by atoms with Gasteiger partial charge in [0, 0.05) is 24.5 Å². The molecule has 0 unspecified atom stereocenters. The van der Waals surface area contributed by atoms with Crippen molar-refractivity contribution < 1.29 is 9.90 Å². The van der Waals surface area contributed by atoms with Crippen LogP contribution < -0.4 is 0 Å². The summed E-state index contributed by atoms with van der Waals surface area (Å²) in [7, 11) is 0. The van der Waals surface area contributed by atoms with Gasteiger partial charge in [-0.05, 0) is 31.4 Å². The number of nitrogens with zero attached hydrogens (tertiary/aromatic N) is 2. The molecule has 0 aliphatic carbocycles. The molecule has 1 amide bonds. The number of carbonyl (C=O) groups excluding carboxylic acids is 1. The molecular weight excluding hydrogens is 276 g/mol. The number of hydrogen-bond donors (Lipinski definition) is 1. The van der Waals surface area contributed by atoms with Crippen LogP contribution in [0.1, 0.15) is 28.8 Å². The average Bonchev–Trinajstić information content (AvgIpc) is 3.03. The van der Waals surface area contributed by atoms with Crippen LogP contribution >= 0.6 is 0 Å². The number of likely N-dealkylation sites (tertiary alicyclic amines) is 1. The van der Waals surface area contributed by atoms with E-state index in [1.165, 1.54) is 5.56 Å². The lowest BCUT2D eigenvalue weighted by Crippen LogP contribution is -2.37. The number of aliphatic hydroxyl groups excluding tert-OH is 1. The first-order chi connectivity index (χ1) is 10.7. The molecule has 0 radical (unpaired) electrons. The second-order valence-corrected chi connectivity index (χ2v) is 5.81. The van der Waals surface area contributed by atoms with Gasteiger partial charge in [0.15, 0.2) is 0 Å². The van der Waals surface area contributed by atoms with Crippen LogP contribution in [0.5, 0.6) is 0 Å². The summed E-state index contributed by atoms with van der Waals surface area (Å²) in [5, 5.41) is 9.39. The molecule has 1 aliphatic rings. The van der Waals surface area contributed by atoms with Gasteiger partial charge in [-0.2, -0.15) is 0 Å². The molecule has 114 valence electrons. The summed E-state index contributed by atoms with van der Waals surface area (Å²) >= 11 is 0. The Hall–Kier alpha value is -2.20. The fourth-order valence-electron chi connectivity index (χ4n) is 3.00. The van der Waals surface area contributed by atoms with Crippen LogP contribution in [0.2, 0.25) is 0 Å². The van der Waals surface area contributed by atoms with E-state index in [2.05, 4.69) is 11.1 Å². The Morgan fingerprint density at radius 3 is 2.95 bits per heavy atom. The maximum absolute atomic E-state index is 12.6. The van der Waals surface area contributed by atoms with Gasteiger partial charge >= 0.3 is 0 Å². The van der Waals surface area contributed by atoms with E-state index in [9.17, 15) is 9.90 Å².